The zero-order valence-corrected chi connectivity index (χ0v) is 17.3. The lowest BCUT2D eigenvalue weighted by molar-refractivity contribution is -0.146. The minimum absolute atomic E-state index is 0.0152. The van der Waals surface area contributed by atoms with Crippen LogP contribution in [0.3, 0.4) is 0 Å². The van der Waals surface area contributed by atoms with Gasteiger partial charge in [-0.15, -0.1) is 0 Å². The number of hydrogen-bond acceptors (Lipinski definition) is 4. The topological polar surface area (TPSA) is 107 Å². The van der Waals surface area contributed by atoms with Crippen LogP contribution in [0, 0.1) is 0 Å². The molecule has 1 aliphatic heterocycles. The van der Waals surface area contributed by atoms with Crippen molar-refractivity contribution in [1.82, 2.24) is 9.80 Å². The van der Waals surface area contributed by atoms with E-state index in [2.05, 4.69) is 0 Å². The quantitative estimate of drug-likeness (QED) is 0.437. The third-order valence-corrected chi connectivity index (χ3v) is 5.48. The average molecular weight is 491 g/mol. The van der Waals surface area contributed by atoms with E-state index >= 15 is 0 Å². The largest absolute Gasteiger partial charge is 0.480 e. The zero-order valence-electron chi connectivity index (χ0n) is 17.3. The lowest BCUT2D eigenvalue weighted by Crippen LogP contribution is -2.57. The molecule has 184 valence electrons. The molecule has 0 spiro atoms. The summed E-state index contributed by atoms with van der Waals surface area (Å²) in [6, 6.07) is 3.88. The molecule has 7 nitrogen and oxygen atoms in total. The maximum atomic E-state index is 13.2. The maximum absolute atomic E-state index is 13.2. The van der Waals surface area contributed by atoms with Gasteiger partial charge in [0, 0.05) is 25.3 Å². The smallest absolute Gasteiger partial charge is 0.416 e. The molecule has 4 N–H and O–H groups in total. The van der Waals surface area contributed by atoms with E-state index in [0.29, 0.717) is 12.1 Å². The Morgan fingerprint density at radius 2 is 1.50 bits per heavy atom. The fourth-order valence-corrected chi connectivity index (χ4v) is 3.68. The molecule has 0 aliphatic carbocycles. The van der Waals surface area contributed by atoms with Crippen LogP contribution in [0.25, 0.3) is 11.1 Å². The van der Waals surface area contributed by atoms with Crippen molar-refractivity contribution in [3.05, 3.63) is 53.1 Å². The number of anilines is 1. The van der Waals surface area contributed by atoms with Gasteiger partial charge in [-0.05, 0) is 47.0 Å². The first-order chi connectivity index (χ1) is 15.7. The molecule has 1 aliphatic rings. The molecule has 1 atom stereocenters. The van der Waals surface area contributed by atoms with Crippen molar-refractivity contribution in [2.24, 2.45) is 0 Å². The summed E-state index contributed by atoms with van der Waals surface area (Å²) >= 11 is 0. The fraction of sp³-hybridized carbons (Fsp3) is 0.333. The van der Waals surface area contributed by atoms with Gasteiger partial charge < -0.3 is 20.8 Å². The number of carbonyl (C=O) groups is 2. The number of carboxylic acid groups (broad SMARTS) is 2. The number of alkyl halides is 6. The Hall–Kier alpha value is -3.48. The van der Waals surface area contributed by atoms with Gasteiger partial charge in [0.2, 0.25) is 0 Å². The first-order valence-corrected chi connectivity index (χ1v) is 9.80. The second-order valence-corrected chi connectivity index (χ2v) is 7.76. The molecule has 0 aromatic heterocycles. The summed E-state index contributed by atoms with van der Waals surface area (Å²) in [5.74, 6) is -1.28. The summed E-state index contributed by atoms with van der Waals surface area (Å²) in [6.45, 7) is -0.363. The van der Waals surface area contributed by atoms with Crippen LogP contribution in [0.15, 0.2) is 36.4 Å². The van der Waals surface area contributed by atoms with Crippen LogP contribution < -0.4 is 5.73 Å². The van der Waals surface area contributed by atoms with E-state index in [1.54, 1.807) is 0 Å². The number of nitrogens with two attached hydrogens (primary N) is 1. The SMILES string of the molecule is Nc1ccc(-c2cc(C(F)(F)F)cc(C(F)(F)F)c2)cc1CN1CCN(C(=O)O)CC1C(=O)O. The summed E-state index contributed by atoms with van der Waals surface area (Å²) < 4.78 is 79.3. The lowest BCUT2D eigenvalue weighted by Gasteiger charge is -2.38. The van der Waals surface area contributed by atoms with Gasteiger partial charge in [0.25, 0.3) is 0 Å². The molecule has 13 heteroatoms. The second-order valence-electron chi connectivity index (χ2n) is 7.76. The van der Waals surface area contributed by atoms with E-state index in [-0.39, 0.29) is 54.6 Å². The summed E-state index contributed by atoms with van der Waals surface area (Å²) in [4.78, 5) is 25.2. The van der Waals surface area contributed by atoms with Crippen molar-refractivity contribution >= 4 is 17.7 Å². The van der Waals surface area contributed by atoms with Crippen molar-refractivity contribution in [2.45, 2.75) is 24.9 Å². The number of halogens is 6. The second kappa shape index (κ2) is 9.05. The minimum atomic E-state index is -5.01. The third-order valence-electron chi connectivity index (χ3n) is 5.48. The lowest BCUT2D eigenvalue weighted by atomic mass is 9.96. The van der Waals surface area contributed by atoms with Crippen LogP contribution in [0.4, 0.5) is 36.8 Å². The van der Waals surface area contributed by atoms with Gasteiger partial charge in [0.05, 0.1) is 17.7 Å². The van der Waals surface area contributed by atoms with Crippen LogP contribution in [-0.4, -0.2) is 57.8 Å². The maximum Gasteiger partial charge on any atom is 0.416 e. The van der Waals surface area contributed by atoms with Gasteiger partial charge in [-0.3, -0.25) is 9.69 Å². The summed E-state index contributed by atoms with van der Waals surface area (Å²) in [5, 5.41) is 18.6. The third kappa shape index (κ3) is 5.53. The van der Waals surface area contributed by atoms with Gasteiger partial charge in [-0.2, -0.15) is 26.3 Å². The van der Waals surface area contributed by atoms with Crippen molar-refractivity contribution in [2.75, 3.05) is 25.4 Å². The summed E-state index contributed by atoms with van der Waals surface area (Å²) in [5.41, 5.74) is 3.12. The van der Waals surface area contributed by atoms with E-state index in [1.807, 2.05) is 0 Å². The summed E-state index contributed by atoms with van der Waals surface area (Å²) in [6.07, 6.45) is -11.3. The standard InChI is InChI=1S/C21H19F6N3O4/c22-20(23,24)14-6-12(7-15(8-14)21(25,26)27)11-1-2-16(28)13(5-11)9-29-3-4-30(19(33)34)10-17(29)18(31)32/h1-2,5-8,17H,3-4,9-10,28H2,(H,31,32)(H,33,34). The molecule has 2 aromatic carbocycles. The molecule has 1 saturated heterocycles. The number of nitrogens with zero attached hydrogens (tertiary/aromatic N) is 2. The van der Waals surface area contributed by atoms with Gasteiger partial charge in [-0.1, -0.05) is 6.07 Å². The molecular formula is C21H19F6N3O4. The highest BCUT2D eigenvalue weighted by Crippen LogP contribution is 2.39. The number of rotatable bonds is 4. The van der Waals surface area contributed by atoms with Crippen molar-refractivity contribution < 1.29 is 46.1 Å². The molecule has 34 heavy (non-hydrogen) atoms. The monoisotopic (exact) mass is 491 g/mol. The average Bonchev–Trinajstić information content (AvgIpc) is 2.73. The molecular weight excluding hydrogens is 472 g/mol. The minimum Gasteiger partial charge on any atom is -0.480 e. The number of benzene rings is 2. The molecule has 1 heterocycles. The van der Waals surface area contributed by atoms with E-state index in [1.165, 1.54) is 23.1 Å². The van der Waals surface area contributed by atoms with Crippen molar-refractivity contribution in [3.63, 3.8) is 0 Å². The first kappa shape index (κ1) is 25.1. The Morgan fingerprint density at radius 1 is 0.912 bits per heavy atom. The first-order valence-electron chi connectivity index (χ1n) is 9.80. The Labute approximate surface area is 189 Å². The molecule has 0 saturated carbocycles. The highest BCUT2D eigenvalue weighted by Gasteiger charge is 2.37. The van der Waals surface area contributed by atoms with E-state index < -0.39 is 41.6 Å². The van der Waals surface area contributed by atoms with Crippen molar-refractivity contribution in [1.29, 1.82) is 0 Å². The number of aliphatic carboxylic acids is 1. The number of carboxylic acids is 1. The Balaban J connectivity index is 1.98. The number of hydrogen-bond donors (Lipinski definition) is 3. The Kier molecular flexibility index (Phi) is 6.69. The van der Waals surface area contributed by atoms with Crippen LogP contribution in [0.2, 0.25) is 0 Å². The van der Waals surface area contributed by atoms with Gasteiger partial charge in [0.1, 0.15) is 6.04 Å². The van der Waals surface area contributed by atoms with Gasteiger partial charge in [-0.25, -0.2) is 4.79 Å². The Morgan fingerprint density at radius 3 is 2.00 bits per heavy atom. The molecule has 1 unspecified atom stereocenters. The number of nitrogen functional groups attached to an aromatic ring is 1. The summed E-state index contributed by atoms with van der Waals surface area (Å²) in [7, 11) is 0. The molecule has 1 amide bonds. The normalized spacial score (nSPS) is 17.6. The van der Waals surface area contributed by atoms with E-state index in [4.69, 9.17) is 10.8 Å². The highest BCUT2D eigenvalue weighted by atomic mass is 19.4. The Bertz CT molecular complexity index is 1070. The van der Waals surface area contributed by atoms with Crippen LogP contribution in [-0.2, 0) is 23.7 Å². The number of amides is 1. The molecule has 1 fully saturated rings. The van der Waals surface area contributed by atoms with Gasteiger partial charge >= 0.3 is 24.4 Å². The molecule has 2 aromatic rings. The highest BCUT2D eigenvalue weighted by molar-refractivity contribution is 5.76. The van der Waals surface area contributed by atoms with E-state index in [9.17, 15) is 41.0 Å². The van der Waals surface area contributed by atoms with Crippen LogP contribution in [0.5, 0.6) is 0 Å². The van der Waals surface area contributed by atoms with Crippen LogP contribution in [0.1, 0.15) is 16.7 Å². The predicted molar refractivity (Wildman–Crippen MR) is 108 cm³/mol. The zero-order chi connectivity index (χ0) is 25.4. The van der Waals surface area contributed by atoms with Crippen molar-refractivity contribution in [3.8, 4) is 11.1 Å². The predicted octanol–water partition coefficient (Wildman–Crippen LogP) is 4.22. The molecule has 0 radical (unpaired) electrons. The van der Waals surface area contributed by atoms with E-state index in [0.717, 1.165) is 4.90 Å². The molecule has 0 bridgehead atoms. The molecule has 3 rings (SSSR count). The number of piperazine rings is 1. The van der Waals surface area contributed by atoms with Crippen LogP contribution >= 0.6 is 0 Å². The van der Waals surface area contributed by atoms with Gasteiger partial charge in [0.15, 0.2) is 0 Å². The fourth-order valence-electron chi connectivity index (χ4n) is 3.68.